The lowest BCUT2D eigenvalue weighted by Gasteiger charge is -2.32. The van der Waals surface area contributed by atoms with Crippen LogP contribution in [0.25, 0.3) is 77.8 Å². The highest BCUT2D eigenvalue weighted by molar-refractivity contribution is 9.10. The zero-order chi connectivity index (χ0) is 43.0. The summed E-state index contributed by atoms with van der Waals surface area (Å²) in [7, 11) is -0.317. The Balaban J connectivity index is 0.000000122. The SMILES string of the molecule is CC1(C)OB(c2ccc3nc[nH]c3c2)OC1(C)C.O=c1cc[nH]c2nc(-c3ccccc3)c(-c3ccc4nc[nH]c4c3)cc12.O=c1cc[nH]c2nc(-c3ccccc3)c(Br)cc12. The van der Waals surface area contributed by atoms with Crippen molar-refractivity contribution < 1.29 is 9.31 Å². The summed E-state index contributed by atoms with van der Waals surface area (Å²) in [6.07, 6.45) is 6.61. The maximum atomic E-state index is 12.3. The summed E-state index contributed by atoms with van der Waals surface area (Å²) in [5.41, 5.74) is 10.9. The number of aromatic nitrogens is 8. The largest absolute Gasteiger partial charge is 0.494 e. The van der Waals surface area contributed by atoms with Crippen LogP contribution in [0.3, 0.4) is 0 Å². The molecule has 0 atom stereocenters. The molecule has 0 bridgehead atoms. The average Bonchev–Trinajstić information content (AvgIpc) is 4.01. The molecule has 12 nitrogen and oxygen atoms in total. The molecule has 1 aliphatic rings. The predicted octanol–water partition coefficient (Wildman–Crippen LogP) is 9.35. The van der Waals surface area contributed by atoms with Gasteiger partial charge in [-0.05, 0) is 91.0 Å². The molecule has 6 aromatic heterocycles. The highest BCUT2D eigenvalue weighted by atomic mass is 79.9. The van der Waals surface area contributed by atoms with Crippen molar-refractivity contribution in [1.29, 1.82) is 0 Å². The van der Waals surface area contributed by atoms with E-state index in [1.54, 1.807) is 25.0 Å². The van der Waals surface area contributed by atoms with Gasteiger partial charge in [-0.25, -0.2) is 19.9 Å². The minimum Gasteiger partial charge on any atom is -0.399 e. The molecule has 1 fully saturated rings. The lowest BCUT2D eigenvalue weighted by Crippen LogP contribution is -2.41. The van der Waals surface area contributed by atoms with Crippen LogP contribution in [-0.4, -0.2) is 58.2 Å². The van der Waals surface area contributed by atoms with E-state index in [2.05, 4.69) is 78.5 Å². The van der Waals surface area contributed by atoms with E-state index in [0.717, 1.165) is 65.6 Å². The molecule has 0 saturated carbocycles. The summed E-state index contributed by atoms with van der Waals surface area (Å²) in [6.45, 7) is 8.23. The standard InChI is InChI=1S/C21H14N4O.C14H9BrN2O.C13H17BN2O2/c26-19-8-9-22-21-16(19)11-15(20(25-21)13-4-2-1-3-5-13)14-6-7-17-18(10-14)24-12-23-17;15-11-8-10-12(18)6-7-16-14(10)17-13(11)9-4-2-1-3-5-9;1-12(2)13(3,4)18-14(17-12)9-5-6-10-11(7-9)16-8-15-10/h1-12H,(H,23,24)(H,22,25,26);1-8H,(H,16,17,18);5-8H,1-4H3,(H,15,16). The third-order valence-corrected chi connectivity index (χ3v) is 11.8. The summed E-state index contributed by atoms with van der Waals surface area (Å²) in [5.74, 6) is 0. The lowest BCUT2D eigenvalue weighted by molar-refractivity contribution is 0.00578. The van der Waals surface area contributed by atoms with Gasteiger partial charge in [-0.3, -0.25) is 9.59 Å². The maximum absolute atomic E-state index is 12.3. The molecule has 4 aromatic carbocycles. The van der Waals surface area contributed by atoms with Crippen molar-refractivity contribution in [2.45, 2.75) is 38.9 Å². The van der Waals surface area contributed by atoms with Crippen LogP contribution in [0, 0.1) is 0 Å². The molecule has 4 N–H and O–H groups in total. The van der Waals surface area contributed by atoms with Crippen molar-refractivity contribution in [3.8, 4) is 33.6 Å². The fourth-order valence-corrected chi connectivity index (χ4v) is 7.73. The van der Waals surface area contributed by atoms with E-state index in [9.17, 15) is 9.59 Å². The molecule has 1 aliphatic heterocycles. The first kappa shape index (κ1) is 40.4. The Kier molecular flexibility index (Phi) is 10.7. The van der Waals surface area contributed by atoms with Gasteiger partial charge in [-0.1, -0.05) is 72.8 Å². The number of benzene rings is 4. The zero-order valence-electron chi connectivity index (χ0n) is 34.2. The molecule has 0 unspecified atom stereocenters. The Hall–Kier alpha value is -7.00. The Morgan fingerprint density at radius 3 is 1.66 bits per heavy atom. The Bertz CT molecular complexity index is 3330. The monoisotopic (exact) mass is 882 g/mol. The topological polar surface area (TPSA) is 167 Å². The van der Waals surface area contributed by atoms with E-state index in [0.29, 0.717) is 22.1 Å². The van der Waals surface area contributed by atoms with Crippen LogP contribution in [0.1, 0.15) is 27.7 Å². The third-order valence-electron chi connectivity index (χ3n) is 11.2. The first-order chi connectivity index (χ1) is 29.9. The molecule has 14 heteroatoms. The molecule has 306 valence electrons. The fourth-order valence-electron chi connectivity index (χ4n) is 7.19. The third kappa shape index (κ3) is 7.98. The Morgan fingerprint density at radius 1 is 0.548 bits per heavy atom. The summed E-state index contributed by atoms with van der Waals surface area (Å²) < 4.78 is 12.9. The van der Waals surface area contributed by atoms with Gasteiger partial charge in [0.25, 0.3) is 0 Å². The van der Waals surface area contributed by atoms with Crippen molar-refractivity contribution in [2.24, 2.45) is 0 Å². The van der Waals surface area contributed by atoms with Crippen LogP contribution in [0.5, 0.6) is 0 Å². The normalized spacial score (nSPS) is 14.1. The van der Waals surface area contributed by atoms with Crippen LogP contribution in [0.4, 0.5) is 0 Å². The van der Waals surface area contributed by atoms with E-state index in [-0.39, 0.29) is 29.2 Å². The van der Waals surface area contributed by atoms with E-state index < -0.39 is 0 Å². The van der Waals surface area contributed by atoms with Gasteiger partial charge < -0.3 is 29.2 Å². The number of halogens is 1. The number of pyridine rings is 4. The summed E-state index contributed by atoms with van der Waals surface area (Å²) >= 11 is 3.47. The quantitative estimate of drug-likeness (QED) is 0.127. The van der Waals surface area contributed by atoms with Crippen molar-refractivity contribution >= 4 is 72.6 Å². The summed E-state index contributed by atoms with van der Waals surface area (Å²) in [4.78, 5) is 54.1. The minimum absolute atomic E-state index is 0.0310. The van der Waals surface area contributed by atoms with Crippen LogP contribution in [0.15, 0.2) is 160 Å². The second-order valence-electron chi connectivity index (χ2n) is 15.8. The van der Waals surface area contributed by atoms with E-state index in [1.807, 2.05) is 109 Å². The van der Waals surface area contributed by atoms with Gasteiger partial charge in [-0.15, -0.1) is 0 Å². The number of nitrogens with zero attached hydrogens (tertiary/aromatic N) is 4. The highest BCUT2D eigenvalue weighted by Gasteiger charge is 2.51. The fraction of sp³-hybridized carbons (Fsp3) is 0.125. The van der Waals surface area contributed by atoms with Crippen LogP contribution < -0.4 is 16.3 Å². The molecular formula is C48H40BBrN8O4. The lowest BCUT2D eigenvalue weighted by atomic mass is 9.79. The maximum Gasteiger partial charge on any atom is 0.494 e. The minimum atomic E-state index is -0.317. The molecule has 0 amide bonds. The molecule has 1 saturated heterocycles. The van der Waals surface area contributed by atoms with Gasteiger partial charge in [0.15, 0.2) is 10.9 Å². The smallest absolute Gasteiger partial charge is 0.399 e. The molecular weight excluding hydrogens is 843 g/mol. The molecule has 0 spiro atoms. The van der Waals surface area contributed by atoms with Crippen molar-refractivity contribution in [3.63, 3.8) is 0 Å². The van der Waals surface area contributed by atoms with Crippen molar-refractivity contribution in [3.05, 3.63) is 171 Å². The Labute approximate surface area is 364 Å². The van der Waals surface area contributed by atoms with E-state index in [1.165, 1.54) is 12.1 Å². The number of hydrogen-bond donors (Lipinski definition) is 4. The number of fused-ring (bicyclic) bond motifs is 4. The molecule has 62 heavy (non-hydrogen) atoms. The van der Waals surface area contributed by atoms with Crippen LogP contribution in [-0.2, 0) is 9.31 Å². The molecule has 7 heterocycles. The van der Waals surface area contributed by atoms with E-state index >= 15 is 0 Å². The van der Waals surface area contributed by atoms with Gasteiger partial charge in [0.2, 0.25) is 0 Å². The molecule has 11 rings (SSSR count). The number of rotatable bonds is 4. The molecule has 0 radical (unpaired) electrons. The average molecular weight is 884 g/mol. The molecule has 10 aromatic rings. The van der Waals surface area contributed by atoms with Crippen molar-refractivity contribution in [1.82, 2.24) is 39.9 Å². The van der Waals surface area contributed by atoms with Gasteiger partial charge in [0, 0.05) is 45.7 Å². The number of aromatic amines is 4. The number of imidazole rings is 2. The second-order valence-corrected chi connectivity index (χ2v) is 16.7. The first-order valence-electron chi connectivity index (χ1n) is 20.0. The first-order valence-corrected chi connectivity index (χ1v) is 20.8. The summed E-state index contributed by atoms with van der Waals surface area (Å²) in [6, 6.07) is 38.6. The zero-order valence-corrected chi connectivity index (χ0v) is 35.8. The number of nitrogens with one attached hydrogen (secondary N) is 4. The summed E-state index contributed by atoms with van der Waals surface area (Å²) in [5, 5.41) is 1.16. The van der Waals surface area contributed by atoms with E-state index in [4.69, 9.17) is 14.3 Å². The molecule has 0 aliphatic carbocycles. The number of hydrogen-bond acceptors (Lipinski definition) is 8. The predicted molar refractivity (Wildman–Crippen MR) is 250 cm³/mol. The van der Waals surface area contributed by atoms with Gasteiger partial charge in [0.05, 0.1) is 68.1 Å². The van der Waals surface area contributed by atoms with Gasteiger partial charge >= 0.3 is 7.12 Å². The second kappa shape index (κ2) is 16.5. The Morgan fingerprint density at radius 2 is 1.06 bits per heavy atom. The van der Waals surface area contributed by atoms with Gasteiger partial charge in [-0.2, -0.15) is 0 Å². The van der Waals surface area contributed by atoms with Crippen LogP contribution in [0.2, 0.25) is 0 Å². The number of H-pyrrole nitrogens is 4. The highest BCUT2D eigenvalue weighted by Crippen LogP contribution is 2.37. The van der Waals surface area contributed by atoms with Gasteiger partial charge in [0.1, 0.15) is 11.3 Å². The van der Waals surface area contributed by atoms with Crippen molar-refractivity contribution in [2.75, 3.05) is 0 Å². The van der Waals surface area contributed by atoms with Crippen LogP contribution >= 0.6 is 15.9 Å².